The lowest BCUT2D eigenvalue weighted by Gasteiger charge is -2.09. The summed E-state index contributed by atoms with van der Waals surface area (Å²) in [6, 6.07) is 16.1. The largest absolute Gasteiger partial charge is 0.338 e. The molecule has 0 aliphatic carbocycles. The molecule has 0 aliphatic heterocycles. The normalized spacial score (nSPS) is 12.5. The van der Waals surface area contributed by atoms with E-state index in [1.807, 2.05) is 24.3 Å². The van der Waals surface area contributed by atoms with Gasteiger partial charge in [0.15, 0.2) is 0 Å². The number of halogens is 1. The van der Waals surface area contributed by atoms with Crippen LogP contribution in [0, 0.1) is 5.92 Å². The maximum atomic E-state index is 6.02. The van der Waals surface area contributed by atoms with Crippen LogP contribution in [0.25, 0.3) is 11.4 Å². The van der Waals surface area contributed by atoms with Crippen molar-refractivity contribution >= 4 is 11.6 Å². The highest BCUT2D eigenvalue weighted by atomic mass is 35.5. The lowest BCUT2D eigenvalue weighted by atomic mass is 9.97. The van der Waals surface area contributed by atoms with Gasteiger partial charge in [0.05, 0.1) is 5.92 Å². The Morgan fingerprint density at radius 3 is 2.46 bits per heavy atom. The van der Waals surface area contributed by atoms with Crippen LogP contribution in [-0.4, -0.2) is 10.1 Å². The van der Waals surface area contributed by atoms with Crippen LogP contribution >= 0.6 is 11.6 Å². The minimum atomic E-state index is 0.0542. The third-order valence-corrected chi connectivity index (χ3v) is 4.25. The highest BCUT2D eigenvalue weighted by Gasteiger charge is 2.17. The summed E-state index contributed by atoms with van der Waals surface area (Å²) in [4.78, 5) is 4.53. The van der Waals surface area contributed by atoms with Gasteiger partial charge in [-0.05, 0) is 42.5 Å². The van der Waals surface area contributed by atoms with Gasteiger partial charge in [-0.2, -0.15) is 4.98 Å². The minimum Gasteiger partial charge on any atom is -0.338 e. The highest BCUT2D eigenvalue weighted by Crippen LogP contribution is 2.26. The Bertz CT molecular complexity index is 809. The second-order valence-corrected chi connectivity index (χ2v) is 6.96. The van der Waals surface area contributed by atoms with Gasteiger partial charge in [-0.25, -0.2) is 0 Å². The van der Waals surface area contributed by atoms with Gasteiger partial charge in [-0.15, -0.1) is 0 Å². The first-order valence-electron chi connectivity index (χ1n) is 8.21. The predicted octanol–water partition coefficient (Wildman–Crippen LogP) is 5.74. The molecule has 1 heterocycles. The Balaban J connectivity index is 1.79. The van der Waals surface area contributed by atoms with Crippen LogP contribution in [0.4, 0.5) is 0 Å². The van der Waals surface area contributed by atoms with Crippen molar-refractivity contribution in [1.82, 2.24) is 10.1 Å². The van der Waals surface area contributed by atoms with Gasteiger partial charge >= 0.3 is 0 Å². The topological polar surface area (TPSA) is 38.9 Å². The number of nitrogens with zero attached hydrogens (tertiary/aromatic N) is 2. The van der Waals surface area contributed by atoms with Crippen LogP contribution in [0.1, 0.15) is 43.7 Å². The van der Waals surface area contributed by atoms with Crippen molar-refractivity contribution < 1.29 is 4.52 Å². The molecule has 1 atom stereocenters. The molecule has 0 radical (unpaired) electrons. The fraction of sp³-hybridized carbons (Fsp3) is 0.300. The summed E-state index contributed by atoms with van der Waals surface area (Å²) >= 11 is 6.02. The van der Waals surface area contributed by atoms with Crippen LogP contribution in [-0.2, 0) is 6.42 Å². The molecule has 3 nitrogen and oxygen atoms in total. The van der Waals surface area contributed by atoms with Gasteiger partial charge < -0.3 is 4.52 Å². The molecule has 0 spiro atoms. The molecular formula is C20H21ClN2O. The quantitative estimate of drug-likeness (QED) is 0.594. The number of hydrogen-bond donors (Lipinski definition) is 0. The fourth-order valence-electron chi connectivity index (χ4n) is 2.71. The number of aromatic nitrogens is 2. The second kappa shape index (κ2) is 7.18. The van der Waals surface area contributed by atoms with E-state index in [1.54, 1.807) is 0 Å². The second-order valence-electron chi connectivity index (χ2n) is 6.53. The van der Waals surface area contributed by atoms with E-state index in [9.17, 15) is 0 Å². The molecule has 0 N–H and O–H groups in total. The van der Waals surface area contributed by atoms with Gasteiger partial charge in [0, 0.05) is 10.6 Å². The van der Waals surface area contributed by atoms with E-state index in [1.165, 1.54) is 11.1 Å². The molecule has 124 valence electrons. The first-order valence-corrected chi connectivity index (χ1v) is 8.59. The van der Waals surface area contributed by atoms with Crippen LogP contribution < -0.4 is 0 Å². The first-order chi connectivity index (χ1) is 11.5. The van der Waals surface area contributed by atoms with Crippen LogP contribution in [0.5, 0.6) is 0 Å². The molecule has 0 fully saturated rings. The smallest absolute Gasteiger partial charge is 0.234 e. The molecule has 3 aromatic rings. The molecule has 0 bridgehead atoms. The zero-order valence-electron chi connectivity index (χ0n) is 14.2. The summed E-state index contributed by atoms with van der Waals surface area (Å²) < 4.78 is 5.47. The molecule has 1 unspecified atom stereocenters. The third-order valence-electron chi connectivity index (χ3n) is 4.02. The summed E-state index contributed by atoms with van der Waals surface area (Å²) in [6.07, 6.45) is 1.09. The Labute approximate surface area is 147 Å². The summed E-state index contributed by atoms with van der Waals surface area (Å²) in [5.74, 6) is 1.89. The predicted molar refractivity (Wildman–Crippen MR) is 97.2 cm³/mol. The maximum Gasteiger partial charge on any atom is 0.234 e. The molecule has 2 aromatic carbocycles. The number of benzene rings is 2. The van der Waals surface area contributed by atoms with E-state index in [4.69, 9.17) is 16.1 Å². The Hall–Kier alpha value is -2.13. The van der Waals surface area contributed by atoms with E-state index < -0.39 is 0 Å². The first kappa shape index (κ1) is 16.7. The summed E-state index contributed by atoms with van der Waals surface area (Å²) in [7, 11) is 0. The molecule has 3 rings (SSSR count). The van der Waals surface area contributed by atoms with Crippen molar-refractivity contribution in [3.63, 3.8) is 0 Å². The monoisotopic (exact) mass is 340 g/mol. The van der Waals surface area contributed by atoms with E-state index in [-0.39, 0.29) is 5.92 Å². The van der Waals surface area contributed by atoms with Crippen molar-refractivity contribution in [3.8, 4) is 11.4 Å². The zero-order chi connectivity index (χ0) is 17.1. The highest BCUT2D eigenvalue weighted by molar-refractivity contribution is 6.30. The van der Waals surface area contributed by atoms with Crippen molar-refractivity contribution in [1.29, 1.82) is 0 Å². The molecule has 0 aliphatic rings. The molecule has 0 saturated carbocycles. The molecule has 4 heteroatoms. The number of rotatable bonds is 5. The van der Waals surface area contributed by atoms with Crippen LogP contribution in [0.15, 0.2) is 53.1 Å². The molecular weight excluding hydrogens is 320 g/mol. The van der Waals surface area contributed by atoms with E-state index in [2.05, 4.69) is 55.2 Å². The SMILES string of the molecule is CC(C)Cc1ccc(C(C)c2nc(-c3cccc(Cl)c3)no2)cc1. The summed E-state index contributed by atoms with van der Waals surface area (Å²) in [6.45, 7) is 6.53. The average molecular weight is 341 g/mol. The lowest BCUT2D eigenvalue weighted by Crippen LogP contribution is -1.98. The van der Waals surface area contributed by atoms with E-state index in [0.717, 1.165) is 12.0 Å². The summed E-state index contributed by atoms with van der Waals surface area (Å²) in [5, 5.41) is 4.75. The molecule has 0 amide bonds. The van der Waals surface area contributed by atoms with Crippen molar-refractivity contribution in [3.05, 3.63) is 70.6 Å². The summed E-state index contributed by atoms with van der Waals surface area (Å²) in [5.41, 5.74) is 3.38. The van der Waals surface area contributed by atoms with E-state index in [0.29, 0.717) is 22.7 Å². The fourth-order valence-corrected chi connectivity index (χ4v) is 2.90. The van der Waals surface area contributed by atoms with Crippen molar-refractivity contribution in [2.45, 2.75) is 33.1 Å². The van der Waals surface area contributed by atoms with Gasteiger partial charge in [-0.3, -0.25) is 0 Å². The van der Waals surface area contributed by atoms with Gasteiger partial charge in [0.1, 0.15) is 0 Å². The zero-order valence-corrected chi connectivity index (χ0v) is 14.9. The van der Waals surface area contributed by atoms with Crippen molar-refractivity contribution in [2.24, 2.45) is 5.92 Å². The van der Waals surface area contributed by atoms with Gasteiger partial charge in [-0.1, -0.05) is 67.0 Å². The third kappa shape index (κ3) is 3.85. The minimum absolute atomic E-state index is 0.0542. The Kier molecular flexibility index (Phi) is 5.00. The molecule has 0 saturated heterocycles. The van der Waals surface area contributed by atoms with Gasteiger partial charge in [0.2, 0.25) is 11.7 Å². The average Bonchev–Trinajstić information content (AvgIpc) is 3.04. The number of hydrogen-bond acceptors (Lipinski definition) is 3. The Morgan fingerprint density at radius 2 is 1.79 bits per heavy atom. The molecule has 1 aromatic heterocycles. The maximum absolute atomic E-state index is 6.02. The van der Waals surface area contributed by atoms with E-state index >= 15 is 0 Å². The van der Waals surface area contributed by atoms with Gasteiger partial charge in [0.25, 0.3) is 0 Å². The van der Waals surface area contributed by atoms with Crippen LogP contribution in [0.3, 0.4) is 0 Å². The van der Waals surface area contributed by atoms with Crippen LogP contribution in [0.2, 0.25) is 5.02 Å². The lowest BCUT2D eigenvalue weighted by molar-refractivity contribution is 0.371. The molecule has 24 heavy (non-hydrogen) atoms. The standard InChI is InChI=1S/C20H21ClN2O/c1-13(2)11-15-7-9-16(10-8-15)14(3)20-22-19(23-24-20)17-5-4-6-18(21)12-17/h4-10,12-14H,11H2,1-3H3. The Morgan fingerprint density at radius 1 is 1.04 bits per heavy atom. The van der Waals surface area contributed by atoms with Crippen molar-refractivity contribution in [2.75, 3.05) is 0 Å².